The lowest BCUT2D eigenvalue weighted by molar-refractivity contribution is 0.291. The highest BCUT2D eigenvalue weighted by atomic mass is 32.1. The van der Waals surface area contributed by atoms with Crippen molar-refractivity contribution in [2.45, 2.75) is 12.6 Å². The van der Waals surface area contributed by atoms with E-state index in [1.807, 2.05) is 36.9 Å². The summed E-state index contributed by atoms with van der Waals surface area (Å²) >= 11 is 1.48. The fraction of sp³-hybridized carbons (Fsp3) is 0.158. The number of nitrogens with zero attached hydrogens (tertiary/aromatic N) is 4. The maximum atomic E-state index is 14.2. The second-order valence-electron chi connectivity index (χ2n) is 11.6. The molecule has 0 bridgehead atoms. The highest BCUT2D eigenvalue weighted by Gasteiger charge is 2.34. The Kier molecular flexibility index (Phi) is 7.69. The van der Waals surface area contributed by atoms with Crippen molar-refractivity contribution in [1.29, 1.82) is 0 Å². The Balaban J connectivity index is 1.40. The molecule has 3 heterocycles. The van der Waals surface area contributed by atoms with Crippen LogP contribution in [-0.4, -0.2) is 36.7 Å². The summed E-state index contributed by atoms with van der Waals surface area (Å²) in [5.74, 6) is 0. The first-order valence-electron chi connectivity index (χ1n) is 14.9. The van der Waals surface area contributed by atoms with Gasteiger partial charge in [0.15, 0.2) is 4.80 Å². The molecule has 0 saturated carbocycles. The summed E-state index contributed by atoms with van der Waals surface area (Å²) in [5.41, 5.74) is 8.98. The van der Waals surface area contributed by atoms with E-state index in [0.717, 1.165) is 58.1 Å². The van der Waals surface area contributed by atoms with Crippen molar-refractivity contribution < 1.29 is 0 Å². The van der Waals surface area contributed by atoms with Crippen LogP contribution in [-0.2, 0) is 6.54 Å². The quantitative estimate of drug-likeness (QED) is 0.247. The highest BCUT2D eigenvalue weighted by molar-refractivity contribution is 7.07. The third-order valence-corrected chi connectivity index (χ3v) is 9.22. The Morgan fingerprint density at radius 1 is 0.795 bits per heavy atom. The van der Waals surface area contributed by atoms with E-state index >= 15 is 0 Å². The summed E-state index contributed by atoms with van der Waals surface area (Å²) in [6.45, 7) is 2.32. The Labute approximate surface area is 261 Å². The monoisotopic (exact) mass is 594 g/mol. The summed E-state index contributed by atoms with van der Waals surface area (Å²) in [7, 11) is 4.06. The van der Waals surface area contributed by atoms with Gasteiger partial charge in [-0.1, -0.05) is 114 Å². The Morgan fingerprint density at radius 2 is 1.43 bits per heavy atom. The first kappa shape index (κ1) is 28.0. The van der Waals surface area contributed by atoms with Gasteiger partial charge < -0.3 is 4.90 Å². The number of aromatic nitrogens is 1. The van der Waals surface area contributed by atoms with Crippen molar-refractivity contribution in [3.05, 3.63) is 174 Å². The third-order valence-electron chi connectivity index (χ3n) is 8.24. The highest BCUT2D eigenvalue weighted by Crippen LogP contribution is 2.37. The average molecular weight is 595 g/mol. The molecule has 1 aromatic heterocycles. The van der Waals surface area contributed by atoms with Crippen molar-refractivity contribution >= 4 is 29.2 Å². The van der Waals surface area contributed by atoms with Crippen molar-refractivity contribution in [1.82, 2.24) is 9.47 Å². The number of hydrogen-bond acceptors (Lipinski definition) is 5. The minimum Gasteiger partial charge on any atom is -0.378 e. The maximum absolute atomic E-state index is 14.2. The van der Waals surface area contributed by atoms with Gasteiger partial charge >= 0.3 is 0 Å². The van der Waals surface area contributed by atoms with Crippen LogP contribution < -0.4 is 19.8 Å². The van der Waals surface area contributed by atoms with Crippen molar-refractivity contribution in [2.75, 3.05) is 32.1 Å². The molecule has 218 valence electrons. The first-order chi connectivity index (χ1) is 21.5. The van der Waals surface area contributed by atoms with Crippen LogP contribution in [0.1, 0.15) is 28.3 Å². The van der Waals surface area contributed by atoms with Crippen LogP contribution in [0.25, 0.3) is 12.2 Å². The zero-order chi connectivity index (χ0) is 30.0. The Morgan fingerprint density at radius 3 is 2.11 bits per heavy atom. The second kappa shape index (κ2) is 12.1. The minimum atomic E-state index is -0.238. The molecule has 0 fully saturated rings. The fourth-order valence-corrected chi connectivity index (χ4v) is 7.12. The molecule has 0 aliphatic carbocycles. The summed E-state index contributed by atoms with van der Waals surface area (Å²) in [6.07, 6.45) is 4.26. The van der Waals surface area contributed by atoms with Gasteiger partial charge in [0.25, 0.3) is 5.56 Å². The lowest BCUT2D eigenvalue weighted by Crippen LogP contribution is -2.43. The predicted molar refractivity (Wildman–Crippen MR) is 181 cm³/mol. The molecule has 1 atom stereocenters. The number of rotatable bonds is 6. The van der Waals surface area contributed by atoms with Crippen LogP contribution in [0.15, 0.2) is 142 Å². The summed E-state index contributed by atoms with van der Waals surface area (Å²) < 4.78 is 2.61. The zero-order valence-electron chi connectivity index (χ0n) is 24.9. The van der Waals surface area contributed by atoms with E-state index < -0.39 is 0 Å². The number of anilines is 1. The molecule has 1 unspecified atom stereocenters. The second-order valence-corrected chi connectivity index (χ2v) is 12.6. The summed E-state index contributed by atoms with van der Waals surface area (Å²) in [6, 6.07) is 39.5. The lowest BCUT2D eigenvalue weighted by Gasteiger charge is -2.37. The van der Waals surface area contributed by atoms with Gasteiger partial charge in [-0.25, -0.2) is 4.99 Å². The van der Waals surface area contributed by atoms with E-state index in [1.165, 1.54) is 22.5 Å². The normalized spacial score (nSPS) is 17.7. The molecule has 0 radical (unpaired) electrons. The molecule has 0 spiro atoms. The van der Waals surface area contributed by atoms with Crippen molar-refractivity contribution in [2.24, 2.45) is 4.99 Å². The van der Waals surface area contributed by atoms with Crippen LogP contribution in [0.4, 0.5) is 5.69 Å². The van der Waals surface area contributed by atoms with Crippen LogP contribution >= 0.6 is 11.3 Å². The molecule has 0 N–H and O–H groups in total. The van der Waals surface area contributed by atoms with Gasteiger partial charge in [0.2, 0.25) is 0 Å². The summed E-state index contributed by atoms with van der Waals surface area (Å²) in [5, 5.41) is 0. The van der Waals surface area contributed by atoms with E-state index in [9.17, 15) is 4.79 Å². The standard InChI is InChI=1S/C38H34N4OS/c1-40(2)32-20-18-28(19-21-32)23-34-37(43)42-36(30-16-10-5-11-17-30)33-26-41(24-29-14-8-4-9-15-29)25-31(35(33)39-38(42)44-34)22-27-12-6-3-7-13-27/h3-23,36H,24-26H2,1-2H3/b31-22-,34-23-. The van der Waals surface area contributed by atoms with Gasteiger partial charge in [0.05, 0.1) is 16.3 Å². The summed E-state index contributed by atoms with van der Waals surface area (Å²) in [4.78, 5) is 24.8. The number of fused-ring (bicyclic) bond motifs is 1. The molecule has 6 heteroatoms. The fourth-order valence-electron chi connectivity index (χ4n) is 6.12. The van der Waals surface area contributed by atoms with Crippen molar-refractivity contribution in [3.63, 3.8) is 0 Å². The predicted octanol–water partition coefficient (Wildman–Crippen LogP) is 5.88. The lowest BCUT2D eigenvalue weighted by atomic mass is 9.89. The molecule has 0 saturated heterocycles. The van der Waals surface area contributed by atoms with Gasteiger partial charge in [-0.05, 0) is 57.7 Å². The maximum Gasteiger partial charge on any atom is 0.271 e. The molecular formula is C38H34N4OS. The molecule has 0 amide bonds. The van der Waals surface area contributed by atoms with Gasteiger partial charge in [-0.3, -0.25) is 14.3 Å². The smallest absolute Gasteiger partial charge is 0.271 e. The van der Waals surface area contributed by atoms with Crippen molar-refractivity contribution in [3.8, 4) is 0 Å². The third kappa shape index (κ3) is 5.62. The largest absolute Gasteiger partial charge is 0.378 e. The first-order valence-corrected chi connectivity index (χ1v) is 15.7. The molecule has 44 heavy (non-hydrogen) atoms. The molecular weight excluding hydrogens is 561 g/mol. The van der Waals surface area contributed by atoms with Gasteiger partial charge in [0, 0.05) is 39.4 Å². The molecule has 7 rings (SSSR count). The van der Waals surface area contributed by atoms with Gasteiger partial charge in [-0.2, -0.15) is 0 Å². The number of hydrogen-bond donors (Lipinski definition) is 0. The number of thiazole rings is 1. The molecule has 5 aromatic rings. The molecule has 2 aliphatic rings. The molecule has 4 aromatic carbocycles. The Hall–Kier alpha value is -4.78. The van der Waals surface area contributed by atoms with Crippen LogP contribution in [0, 0.1) is 0 Å². The topological polar surface area (TPSA) is 40.8 Å². The van der Waals surface area contributed by atoms with E-state index in [2.05, 4.69) is 119 Å². The van der Waals surface area contributed by atoms with Crippen LogP contribution in [0.3, 0.4) is 0 Å². The van der Waals surface area contributed by atoms with E-state index in [0.29, 0.717) is 4.53 Å². The average Bonchev–Trinajstić information content (AvgIpc) is 3.36. The van der Waals surface area contributed by atoms with Crippen LogP contribution in [0.2, 0.25) is 0 Å². The van der Waals surface area contributed by atoms with Gasteiger partial charge in [-0.15, -0.1) is 0 Å². The number of benzene rings is 4. The van der Waals surface area contributed by atoms with Gasteiger partial charge in [0.1, 0.15) is 0 Å². The Bertz CT molecular complexity index is 2020. The molecule has 5 nitrogen and oxygen atoms in total. The van der Waals surface area contributed by atoms with E-state index in [4.69, 9.17) is 4.99 Å². The zero-order valence-corrected chi connectivity index (χ0v) is 25.7. The molecule has 2 aliphatic heterocycles. The van der Waals surface area contributed by atoms with Crippen LogP contribution in [0.5, 0.6) is 0 Å². The SMILES string of the molecule is CN(C)c1ccc(/C=c2\sc3n(c2=O)C(c2ccccc2)C2=C(N=3)/C(=C\c3ccccc3)CN(Cc3ccccc3)C2)cc1. The minimum absolute atomic E-state index is 0.000360. The van der Waals surface area contributed by atoms with E-state index in [-0.39, 0.29) is 11.6 Å². The van der Waals surface area contributed by atoms with E-state index in [1.54, 1.807) is 0 Å².